The van der Waals surface area contributed by atoms with Gasteiger partial charge in [-0.05, 0) is 18.4 Å². The number of fused-ring (bicyclic) bond motifs is 1. The molecule has 2 aromatic rings. The second-order valence-corrected chi connectivity index (χ2v) is 5.26. The first-order chi connectivity index (χ1) is 11.2. The number of nitrogens with one attached hydrogen (secondary N) is 1. The van der Waals surface area contributed by atoms with E-state index in [0.717, 1.165) is 12.3 Å². The number of rotatable bonds is 7. The van der Waals surface area contributed by atoms with Crippen LogP contribution in [0.3, 0.4) is 0 Å². The second-order valence-electron chi connectivity index (χ2n) is 5.26. The van der Waals surface area contributed by atoms with Gasteiger partial charge in [-0.15, -0.1) is 0 Å². The summed E-state index contributed by atoms with van der Waals surface area (Å²) in [4.78, 5) is 0. The third-order valence-electron chi connectivity index (χ3n) is 3.38. The van der Waals surface area contributed by atoms with Crippen molar-refractivity contribution in [1.82, 2.24) is 5.32 Å². The zero-order valence-electron chi connectivity index (χ0n) is 12.6. The molecule has 2 aromatic carbocycles. The van der Waals surface area contributed by atoms with Crippen LogP contribution in [0.15, 0.2) is 42.5 Å². The van der Waals surface area contributed by atoms with E-state index in [1.807, 2.05) is 0 Å². The van der Waals surface area contributed by atoms with Gasteiger partial charge in [0.25, 0.3) is 0 Å². The van der Waals surface area contributed by atoms with E-state index in [9.17, 15) is 27.1 Å². The summed E-state index contributed by atoms with van der Waals surface area (Å²) in [5.74, 6) is -4.71. The molecule has 2 rings (SSSR count). The molecule has 0 aliphatic rings. The molecule has 3 atom stereocenters. The maximum absolute atomic E-state index is 13.5. The summed E-state index contributed by atoms with van der Waals surface area (Å²) in [6, 6.07) is 11.8. The van der Waals surface area contributed by atoms with E-state index in [1.165, 1.54) is 6.07 Å². The molecule has 0 saturated carbocycles. The molecular formula is C16H16F5NO2. The van der Waals surface area contributed by atoms with Gasteiger partial charge in [0, 0.05) is 5.39 Å². The van der Waals surface area contributed by atoms with E-state index in [1.54, 1.807) is 41.7 Å². The monoisotopic (exact) mass is 349 g/mol. The van der Waals surface area contributed by atoms with Gasteiger partial charge in [0.2, 0.25) is 6.30 Å². The predicted molar refractivity (Wildman–Crippen MR) is 79.0 cm³/mol. The number of benzene rings is 2. The lowest BCUT2D eigenvalue weighted by Gasteiger charge is -2.28. The van der Waals surface area contributed by atoms with Crippen LogP contribution < -0.4 is 10.1 Å². The smallest absolute Gasteiger partial charge is 0.350 e. The fourth-order valence-electron chi connectivity index (χ4n) is 2.07. The molecule has 0 heterocycles. The van der Waals surface area contributed by atoms with Crippen LogP contribution in [0.2, 0.25) is 0 Å². The minimum atomic E-state index is -4.91. The number of hydrogen-bond donors (Lipinski definition) is 2. The van der Waals surface area contributed by atoms with E-state index in [2.05, 4.69) is 0 Å². The Labute approximate surface area is 135 Å². The first-order valence-electron chi connectivity index (χ1n) is 7.12. The molecule has 2 N–H and O–H groups in total. The average Bonchev–Trinajstić information content (AvgIpc) is 2.54. The van der Waals surface area contributed by atoms with Gasteiger partial charge in [-0.2, -0.15) is 8.78 Å². The van der Waals surface area contributed by atoms with Crippen LogP contribution in [0.1, 0.15) is 6.92 Å². The van der Waals surface area contributed by atoms with E-state index in [0.29, 0.717) is 5.39 Å². The number of alkyl halides is 5. The Bertz CT molecular complexity index is 675. The van der Waals surface area contributed by atoms with Gasteiger partial charge in [0.15, 0.2) is 6.23 Å². The minimum absolute atomic E-state index is 0.194. The second kappa shape index (κ2) is 7.31. The standard InChI is InChI=1S/C16H16F5NO2/c1-9(23)13(22-15(19)16(20,21)14(17)18)24-12-8-4-6-10-5-2-3-7-11(10)12/h2-9,13-15,22-23H,1H3. The molecule has 132 valence electrons. The normalized spacial score (nSPS) is 16.2. The maximum Gasteiger partial charge on any atom is 0.350 e. The average molecular weight is 349 g/mol. The number of ether oxygens (including phenoxy) is 1. The lowest BCUT2D eigenvalue weighted by molar-refractivity contribution is -0.188. The summed E-state index contributed by atoms with van der Waals surface area (Å²) in [6.07, 6.45) is -10.6. The first-order valence-corrected chi connectivity index (χ1v) is 7.12. The van der Waals surface area contributed by atoms with Gasteiger partial charge in [-0.1, -0.05) is 36.4 Å². The quantitative estimate of drug-likeness (QED) is 0.455. The van der Waals surface area contributed by atoms with E-state index in [-0.39, 0.29) is 5.75 Å². The fraction of sp³-hybridized carbons (Fsp3) is 0.375. The Hall–Kier alpha value is -1.93. The van der Waals surface area contributed by atoms with Crippen LogP contribution in [0.5, 0.6) is 5.75 Å². The topological polar surface area (TPSA) is 41.5 Å². The number of aliphatic hydroxyl groups is 1. The maximum atomic E-state index is 13.5. The first kappa shape index (κ1) is 18.4. The lowest BCUT2D eigenvalue weighted by atomic mass is 10.1. The van der Waals surface area contributed by atoms with Gasteiger partial charge in [-0.3, -0.25) is 0 Å². The Kier molecular flexibility index (Phi) is 5.61. The molecule has 0 fully saturated rings. The Morgan fingerprint density at radius 3 is 2.29 bits per heavy atom. The highest BCUT2D eigenvalue weighted by Crippen LogP contribution is 2.29. The molecule has 0 radical (unpaired) electrons. The van der Waals surface area contributed by atoms with E-state index < -0.39 is 31.0 Å². The van der Waals surface area contributed by atoms with Gasteiger partial charge in [0.05, 0.1) is 0 Å². The van der Waals surface area contributed by atoms with Crippen LogP contribution in [0.4, 0.5) is 22.0 Å². The van der Waals surface area contributed by atoms with Crippen molar-refractivity contribution in [2.75, 3.05) is 0 Å². The summed E-state index contributed by atoms with van der Waals surface area (Å²) in [5, 5.41) is 12.6. The highest BCUT2D eigenvalue weighted by molar-refractivity contribution is 5.88. The van der Waals surface area contributed by atoms with Crippen molar-refractivity contribution in [3.05, 3.63) is 42.5 Å². The highest BCUT2D eigenvalue weighted by Gasteiger charge is 2.50. The van der Waals surface area contributed by atoms with Crippen molar-refractivity contribution in [2.24, 2.45) is 0 Å². The largest absolute Gasteiger partial charge is 0.472 e. The summed E-state index contributed by atoms with van der Waals surface area (Å²) < 4.78 is 69.4. The number of hydrogen-bond acceptors (Lipinski definition) is 3. The molecule has 8 heteroatoms. The molecule has 24 heavy (non-hydrogen) atoms. The van der Waals surface area contributed by atoms with Gasteiger partial charge >= 0.3 is 12.3 Å². The number of aliphatic hydroxyl groups excluding tert-OH is 1. The summed E-state index contributed by atoms with van der Waals surface area (Å²) in [6.45, 7) is 1.16. The van der Waals surface area contributed by atoms with Crippen molar-refractivity contribution in [1.29, 1.82) is 0 Å². The number of halogens is 5. The Morgan fingerprint density at radius 2 is 1.67 bits per heavy atom. The third kappa shape index (κ3) is 3.93. The molecular weight excluding hydrogens is 333 g/mol. The van der Waals surface area contributed by atoms with Crippen LogP contribution >= 0.6 is 0 Å². The highest BCUT2D eigenvalue weighted by atomic mass is 19.3. The Balaban J connectivity index is 2.22. The zero-order valence-corrected chi connectivity index (χ0v) is 12.6. The van der Waals surface area contributed by atoms with Crippen molar-refractivity contribution in [2.45, 2.75) is 37.9 Å². The molecule has 3 nitrogen and oxygen atoms in total. The summed E-state index contributed by atoms with van der Waals surface area (Å²) in [5.41, 5.74) is 0. The SMILES string of the molecule is CC(O)C(NC(F)C(F)(F)C(F)F)Oc1cccc2ccccc12. The third-order valence-corrected chi connectivity index (χ3v) is 3.38. The molecule has 0 amide bonds. The van der Waals surface area contributed by atoms with Crippen LogP contribution in [-0.2, 0) is 0 Å². The lowest BCUT2D eigenvalue weighted by Crippen LogP contribution is -2.55. The van der Waals surface area contributed by atoms with Crippen molar-refractivity contribution in [3.8, 4) is 5.75 Å². The molecule has 0 bridgehead atoms. The fourth-order valence-corrected chi connectivity index (χ4v) is 2.07. The molecule has 3 unspecified atom stereocenters. The van der Waals surface area contributed by atoms with Crippen LogP contribution in [0, 0.1) is 0 Å². The summed E-state index contributed by atoms with van der Waals surface area (Å²) in [7, 11) is 0. The van der Waals surface area contributed by atoms with Gasteiger partial charge in [-0.25, -0.2) is 18.5 Å². The Morgan fingerprint density at radius 1 is 1.04 bits per heavy atom. The van der Waals surface area contributed by atoms with Gasteiger partial charge < -0.3 is 9.84 Å². The van der Waals surface area contributed by atoms with Crippen molar-refractivity contribution >= 4 is 10.8 Å². The molecule has 0 saturated heterocycles. The zero-order chi connectivity index (χ0) is 17.9. The van der Waals surface area contributed by atoms with Crippen molar-refractivity contribution in [3.63, 3.8) is 0 Å². The molecule has 0 aliphatic heterocycles. The van der Waals surface area contributed by atoms with Crippen LogP contribution in [0.25, 0.3) is 10.8 Å². The molecule has 0 aliphatic carbocycles. The van der Waals surface area contributed by atoms with Crippen LogP contribution in [-0.4, -0.2) is 36.1 Å². The minimum Gasteiger partial charge on any atom is -0.472 e. The van der Waals surface area contributed by atoms with E-state index >= 15 is 0 Å². The van der Waals surface area contributed by atoms with E-state index in [4.69, 9.17) is 4.74 Å². The molecule has 0 spiro atoms. The van der Waals surface area contributed by atoms with Crippen molar-refractivity contribution < 1.29 is 31.8 Å². The van der Waals surface area contributed by atoms with Gasteiger partial charge in [0.1, 0.15) is 11.9 Å². The molecule has 0 aromatic heterocycles. The summed E-state index contributed by atoms with van der Waals surface area (Å²) >= 11 is 0. The predicted octanol–water partition coefficient (Wildman–Crippen LogP) is 3.71.